The number of aryl methyl sites for hydroxylation is 2. The molecule has 2 amide bonds. The molecule has 0 saturated carbocycles. The van der Waals surface area contributed by atoms with Crippen LogP contribution in [0.5, 0.6) is 5.75 Å². The van der Waals surface area contributed by atoms with Crippen LogP contribution < -0.4 is 10.1 Å². The van der Waals surface area contributed by atoms with E-state index in [0.717, 1.165) is 22.4 Å². The van der Waals surface area contributed by atoms with Crippen molar-refractivity contribution in [3.05, 3.63) is 65.2 Å². The quantitative estimate of drug-likeness (QED) is 0.829. The van der Waals surface area contributed by atoms with Crippen LogP contribution in [-0.4, -0.2) is 31.1 Å². The highest BCUT2D eigenvalue weighted by atomic mass is 16.5. The molecule has 0 unspecified atom stereocenters. The molecule has 1 N–H and O–H groups in total. The van der Waals surface area contributed by atoms with Gasteiger partial charge in [0.25, 0.3) is 0 Å². The van der Waals surface area contributed by atoms with E-state index in [2.05, 4.69) is 11.4 Å². The summed E-state index contributed by atoms with van der Waals surface area (Å²) in [5, 5.41) is 2.87. The first-order valence-electron chi connectivity index (χ1n) is 7.79. The van der Waals surface area contributed by atoms with Crippen LogP contribution >= 0.6 is 0 Å². The van der Waals surface area contributed by atoms with Gasteiger partial charge in [-0.15, -0.1) is 0 Å². The van der Waals surface area contributed by atoms with Crippen molar-refractivity contribution >= 4 is 6.03 Å². The minimum Gasteiger partial charge on any atom is -0.491 e. The Labute approximate surface area is 138 Å². The van der Waals surface area contributed by atoms with Crippen molar-refractivity contribution in [1.29, 1.82) is 0 Å². The summed E-state index contributed by atoms with van der Waals surface area (Å²) in [6, 6.07) is 15.9. The molecule has 0 atom stereocenters. The van der Waals surface area contributed by atoms with Crippen molar-refractivity contribution in [2.24, 2.45) is 0 Å². The third kappa shape index (κ3) is 5.33. The van der Waals surface area contributed by atoms with Gasteiger partial charge in [0.05, 0.1) is 6.54 Å². The van der Waals surface area contributed by atoms with Gasteiger partial charge in [-0.25, -0.2) is 4.79 Å². The van der Waals surface area contributed by atoms with Gasteiger partial charge in [0.2, 0.25) is 0 Å². The number of amides is 2. The highest BCUT2D eigenvalue weighted by Gasteiger charge is 2.08. The zero-order chi connectivity index (χ0) is 16.7. The summed E-state index contributed by atoms with van der Waals surface area (Å²) in [5.41, 5.74) is 3.37. The molecular formula is C19H24N2O2. The molecule has 0 bridgehead atoms. The summed E-state index contributed by atoms with van der Waals surface area (Å²) in [4.78, 5) is 13.7. The molecule has 23 heavy (non-hydrogen) atoms. The van der Waals surface area contributed by atoms with E-state index in [0.29, 0.717) is 19.7 Å². The van der Waals surface area contributed by atoms with E-state index >= 15 is 0 Å². The van der Waals surface area contributed by atoms with E-state index in [9.17, 15) is 4.79 Å². The van der Waals surface area contributed by atoms with Crippen molar-refractivity contribution in [1.82, 2.24) is 10.2 Å². The van der Waals surface area contributed by atoms with E-state index < -0.39 is 0 Å². The number of nitrogens with zero attached hydrogens (tertiary/aromatic N) is 1. The standard InChI is InChI=1S/C19H24N2O2/c1-15-9-10-16(2)18(13-15)23-12-11-20-19(22)21(3)14-17-7-5-4-6-8-17/h4-10,13H,11-12,14H2,1-3H3,(H,20,22). The third-order valence-corrected chi connectivity index (χ3v) is 3.59. The summed E-state index contributed by atoms with van der Waals surface area (Å²) >= 11 is 0. The predicted octanol–water partition coefficient (Wildman–Crippen LogP) is 3.52. The van der Waals surface area contributed by atoms with Crippen molar-refractivity contribution in [2.45, 2.75) is 20.4 Å². The van der Waals surface area contributed by atoms with E-state index in [-0.39, 0.29) is 6.03 Å². The maximum atomic E-state index is 12.0. The largest absolute Gasteiger partial charge is 0.491 e. The molecule has 2 aromatic carbocycles. The minimum absolute atomic E-state index is 0.0987. The molecule has 0 fully saturated rings. The normalized spacial score (nSPS) is 10.2. The van der Waals surface area contributed by atoms with Crippen LogP contribution in [0, 0.1) is 13.8 Å². The lowest BCUT2D eigenvalue weighted by molar-refractivity contribution is 0.203. The van der Waals surface area contributed by atoms with Crippen LogP contribution in [0.1, 0.15) is 16.7 Å². The van der Waals surface area contributed by atoms with Crippen LogP contribution in [-0.2, 0) is 6.54 Å². The van der Waals surface area contributed by atoms with Gasteiger partial charge in [0.1, 0.15) is 12.4 Å². The molecule has 4 heteroatoms. The first kappa shape index (κ1) is 16.9. The molecule has 0 aliphatic carbocycles. The second-order valence-electron chi connectivity index (χ2n) is 5.69. The van der Waals surface area contributed by atoms with E-state index in [1.807, 2.05) is 56.3 Å². The fraction of sp³-hybridized carbons (Fsp3) is 0.316. The van der Waals surface area contributed by atoms with Crippen LogP contribution in [0.15, 0.2) is 48.5 Å². The molecular weight excluding hydrogens is 288 g/mol. The Morgan fingerprint density at radius 3 is 2.61 bits per heavy atom. The van der Waals surface area contributed by atoms with Crippen LogP contribution in [0.4, 0.5) is 4.79 Å². The van der Waals surface area contributed by atoms with Crippen molar-refractivity contribution < 1.29 is 9.53 Å². The Bertz CT molecular complexity index is 641. The van der Waals surface area contributed by atoms with Gasteiger partial charge >= 0.3 is 6.03 Å². The number of urea groups is 1. The summed E-state index contributed by atoms with van der Waals surface area (Å²) in [5.74, 6) is 0.872. The maximum absolute atomic E-state index is 12.0. The lowest BCUT2D eigenvalue weighted by Crippen LogP contribution is -2.38. The second kappa shape index (κ2) is 8.22. The van der Waals surface area contributed by atoms with Gasteiger partial charge in [-0.1, -0.05) is 42.5 Å². The number of carbonyl (C=O) groups is 1. The smallest absolute Gasteiger partial charge is 0.317 e. The minimum atomic E-state index is -0.0987. The lowest BCUT2D eigenvalue weighted by Gasteiger charge is -2.18. The molecule has 0 saturated heterocycles. The van der Waals surface area contributed by atoms with Gasteiger partial charge in [0.15, 0.2) is 0 Å². The summed E-state index contributed by atoms with van der Waals surface area (Å²) in [7, 11) is 1.79. The SMILES string of the molecule is Cc1ccc(C)c(OCCNC(=O)N(C)Cc2ccccc2)c1. The number of nitrogens with one attached hydrogen (secondary N) is 1. The number of carbonyl (C=O) groups excluding carboxylic acids is 1. The monoisotopic (exact) mass is 312 g/mol. The summed E-state index contributed by atoms with van der Waals surface area (Å²) in [6.45, 7) is 5.57. The number of rotatable bonds is 6. The lowest BCUT2D eigenvalue weighted by atomic mass is 10.1. The second-order valence-corrected chi connectivity index (χ2v) is 5.69. The zero-order valence-corrected chi connectivity index (χ0v) is 14.0. The Hall–Kier alpha value is -2.49. The van der Waals surface area contributed by atoms with Crippen LogP contribution in [0.25, 0.3) is 0 Å². The number of ether oxygens (including phenoxy) is 1. The van der Waals surface area contributed by atoms with Crippen molar-refractivity contribution in [2.75, 3.05) is 20.2 Å². The Kier molecular flexibility index (Phi) is 6.03. The Morgan fingerprint density at radius 2 is 1.87 bits per heavy atom. The fourth-order valence-corrected chi connectivity index (χ4v) is 2.25. The molecule has 0 radical (unpaired) electrons. The Morgan fingerprint density at radius 1 is 1.13 bits per heavy atom. The van der Waals surface area contributed by atoms with Crippen molar-refractivity contribution in [3.8, 4) is 5.75 Å². The maximum Gasteiger partial charge on any atom is 0.317 e. The summed E-state index contributed by atoms with van der Waals surface area (Å²) < 4.78 is 5.73. The number of hydrogen-bond donors (Lipinski definition) is 1. The first-order valence-corrected chi connectivity index (χ1v) is 7.79. The molecule has 2 aromatic rings. The number of hydrogen-bond acceptors (Lipinski definition) is 2. The van der Waals surface area contributed by atoms with Gasteiger partial charge in [0, 0.05) is 13.6 Å². The molecule has 0 aliphatic heterocycles. The van der Waals surface area contributed by atoms with E-state index in [1.54, 1.807) is 11.9 Å². The average Bonchev–Trinajstić information content (AvgIpc) is 2.55. The van der Waals surface area contributed by atoms with E-state index in [1.165, 1.54) is 0 Å². The fourth-order valence-electron chi connectivity index (χ4n) is 2.25. The molecule has 0 spiro atoms. The molecule has 0 aromatic heterocycles. The van der Waals surface area contributed by atoms with Crippen molar-refractivity contribution in [3.63, 3.8) is 0 Å². The molecule has 0 aliphatic rings. The number of benzene rings is 2. The Balaban J connectivity index is 1.73. The average molecular weight is 312 g/mol. The summed E-state index contributed by atoms with van der Waals surface area (Å²) in [6.07, 6.45) is 0. The highest BCUT2D eigenvalue weighted by Crippen LogP contribution is 2.18. The van der Waals surface area contributed by atoms with Gasteiger partial charge in [-0.3, -0.25) is 0 Å². The van der Waals surface area contributed by atoms with Gasteiger partial charge in [-0.05, 0) is 36.6 Å². The van der Waals surface area contributed by atoms with Gasteiger partial charge < -0.3 is 15.0 Å². The molecule has 122 valence electrons. The van der Waals surface area contributed by atoms with Gasteiger partial charge in [-0.2, -0.15) is 0 Å². The third-order valence-electron chi connectivity index (χ3n) is 3.59. The highest BCUT2D eigenvalue weighted by molar-refractivity contribution is 5.73. The topological polar surface area (TPSA) is 41.6 Å². The first-order chi connectivity index (χ1) is 11.1. The molecule has 0 heterocycles. The van der Waals surface area contributed by atoms with Crippen LogP contribution in [0.2, 0.25) is 0 Å². The zero-order valence-electron chi connectivity index (χ0n) is 14.0. The molecule has 4 nitrogen and oxygen atoms in total. The van der Waals surface area contributed by atoms with Crippen LogP contribution in [0.3, 0.4) is 0 Å². The molecule has 2 rings (SSSR count). The predicted molar refractivity (Wildman–Crippen MR) is 92.7 cm³/mol. The van der Waals surface area contributed by atoms with E-state index in [4.69, 9.17) is 4.74 Å².